The van der Waals surface area contributed by atoms with Crippen LogP contribution in [0.4, 0.5) is 5.69 Å². The van der Waals surface area contributed by atoms with E-state index in [1.54, 1.807) is 35.3 Å². The van der Waals surface area contributed by atoms with Gasteiger partial charge in [0.2, 0.25) is 0 Å². The van der Waals surface area contributed by atoms with Crippen LogP contribution in [0.25, 0.3) is 0 Å². The van der Waals surface area contributed by atoms with Crippen molar-refractivity contribution in [2.24, 2.45) is 0 Å². The number of likely N-dealkylation sites (N-methyl/N-ethyl adjacent to an activating group) is 1. The molecule has 0 aliphatic heterocycles. The van der Waals surface area contributed by atoms with Crippen molar-refractivity contribution in [1.29, 1.82) is 0 Å². The SMILES string of the molecule is CCN(CC)CCn1cc(NC(=O)c2ccc(OCC(=O)OC)c(OC)c2)cn1. The van der Waals surface area contributed by atoms with E-state index in [1.807, 2.05) is 0 Å². The Morgan fingerprint density at radius 1 is 1.17 bits per heavy atom. The summed E-state index contributed by atoms with van der Waals surface area (Å²) in [7, 11) is 2.74. The van der Waals surface area contributed by atoms with E-state index in [1.165, 1.54) is 14.2 Å². The van der Waals surface area contributed by atoms with Crippen LogP contribution in [0, 0.1) is 0 Å². The van der Waals surface area contributed by atoms with Gasteiger partial charge in [-0.1, -0.05) is 13.8 Å². The number of ether oxygens (including phenoxy) is 3. The van der Waals surface area contributed by atoms with Gasteiger partial charge in [-0.25, -0.2) is 4.79 Å². The van der Waals surface area contributed by atoms with Gasteiger partial charge in [-0.2, -0.15) is 5.10 Å². The van der Waals surface area contributed by atoms with Gasteiger partial charge in [-0.15, -0.1) is 0 Å². The van der Waals surface area contributed by atoms with E-state index in [4.69, 9.17) is 9.47 Å². The van der Waals surface area contributed by atoms with Gasteiger partial charge in [0.1, 0.15) is 0 Å². The zero-order valence-corrected chi connectivity index (χ0v) is 17.3. The number of nitrogens with zero attached hydrogens (tertiary/aromatic N) is 3. The fraction of sp³-hybridized carbons (Fsp3) is 0.450. The van der Waals surface area contributed by atoms with E-state index in [-0.39, 0.29) is 12.5 Å². The molecule has 0 radical (unpaired) electrons. The largest absolute Gasteiger partial charge is 0.493 e. The van der Waals surface area contributed by atoms with E-state index < -0.39 is 5.97 Å². The molecule has 0 saturated heterocycles. The Kier molecular flexibility index (Phi) is 8.47. The second kappa shape index (κ2) is 11.1. The third-order valence-electron chi connectivity index (χ3n) is 4.43. The average Bonchev–Trinajstić information content (AvgIpc) is 3.19. The van der Waals surface area contributed by atoms with Gasteiger partial charge >= 0.3 is 5.97 Å². The summed E-state index contributed by atoms with van der Waals surface area (Å²) in [4.78, 5) is 26.1. The van der Waals surface area contributed by atoms with Gasteiger partial charge in [0, 0.05) is 18.3 Å². The summed E-state index contributed by atoms with van der Waals surface area (Å²) in [6, 6.07) is 4.71. The van der Waals surface area contributed by atoms with Crippen LogP contribution in [-0.4, -0.2) is 67.0 Å². The number of hydrogen-bond acceptors (Lipinski definition) is 7. The van der Waals surface area contributed by atoms with Gasteiger partial charge in [0.15, 0.2) is 18.1 Å². The number of methoxy groups -OCH3 is 2. The van der Waals surface area contributed by atoms with E-state index in [0.717, 1.165) is 26.2 Å². The highest BCUT2D eigenvalue weighted by Gasteiger charge is 2.13. The molecule has 9 heteroatoms. The van der Waals surface area contributed by atoms with E-state index in [0.29, 0.717) is 22.7 Å². The fourth-order valence-corrected chi connectivity index (χ4v) is 2.66. The molecule has 2 rings (SSSR count). The van der Waals surface area contributed by atoms with Crippen molar-refractivity contribution in [2.45, 2.75) is 20.4 Å². The molecule has 0 fully saturated rings. The maximum atomic E-state index is 12.5. The Morgan fingerprint density at radius 2 is 1.93 bits per heavy atom. The highest BCUT2D eigenvalue weighted by atomic mass is 16.6. The van der Waals surface area contributed by atoms with E-state index in [2.05, 4.69) is 33.9 Å². The lowest BCUT2D eigenvalue weighted by atomic mass is 10.2. The Bertz CT molecular complexity index is 817. The molecule has 0 aliphatic carbocycles. The molecule has 29 heavy (non-hydrogen) atoms. The molecule has 0 saturated carbocycles. The third-order valence-corrected chi connectivity index (χ3v) is 4.43. The Morgan fingerprint density at radius 3 is 2.59 bits per heavy atom. The summed E-state index contributed by atoms with van der Waals surface area (Å²) in [5.74, 6) is -0.117. The van der Waals surface area contributed by atoms with Crippen molar-refractivity contribution in [3.8, 4) is 11.5 Å². The number of benzene rings is 1. The van der Waals surface area contributed by atoms with E-state index in [9.17, 15) is 9.59 Å². The number of carbonyl (C=O) groups excluding carboxylic acids is 2. The molecule has 9 nitrogen and oxygen atoms in total. The molecule has 0 atom stereocenters. The predicted molar refractivity (Wildman–Crippen MR) is 108 cm³/mol. The monoisotopic (exact) mass is 404 g/mol. The number of carbonyl (C=O) groups is 2. The molecule has 2 aromatic rings. The summed E-state index contributed by atoms with van der Waals surface area (Å²) in [6.45, 7) is 7.62. The standard InChI is InChI=1S/C20H28N4O5/c1-5-23(6-2)9-10-24-13-16(12-21-24)22-20(26)15-7-8-17(18(11-15)27-3)29-14-19(25)28-4/h7-8,11-13H,5-6,9-10,14H2,1-4H3,(H,22,26). The first kappa shape index (κ1) is 22.2. The number of nitrogens with one attached hydrogen (secondary N) is 1. The molecule has 0 bridgehead atoms. The van der Waals surface area contributed by atoms with Crippen LogP contribution in [0.5, 0.6) is 11.5 Å². The van der Waals surface area contributed by atoms with Crippen molar-refractivity contribution in [1.82, 2.24) is 14.7 Å². The number of esters is 1. The van der Waals surface area contributed by atoms with Crippen molar-refractivity contribution in [3.63, 3.8) is 0 Å². The summed E-state index contributed by atoms with van der Waals surface area (Å²) in [6.07, 6.45) is 3.41. The molecule has 1 heterocycles. The highest BCUT2D eigenvalue weighted by Crippen LogP contribution is 2.28. The number of rotatable bonds is 11. The maximum absolute atomic E-state index is 12.5. The highest BCUT2D eigenvalue weighted by molar-refractivity contribution is 6.04. The molecule has 1 aromatic carbocycles. The second-order valence-corrected chi connectivity index (χ2v) is 6.20. The molecular weight excluding hydrogens is 376 g/mol. The van der Waals surface area contributed by atoms with Crippen molar-refractivity contribution in [3.05, 3.63) is 36.2 Å². The summed E-state index contributed by atoms with van der Waals surface area (Å²) < 4.78 is 17.0. The van der Waals surface area contributed by atoms with E-state index >= 15 is 0 Å². The van der Waals surface area contributed by atoms with Crippen LogP contribution < -0.4 is 14.8 Å². The summed E-state index contributed by atoms with van der Waals surface area (Å²) in [5, 5.41) is 7.11. The smallest absolute Gasteiger partial charge is 0.343 e. The topological polar surface area (TPSA) is 94.9 Å². The van der Waals surface area contributed by atoms with Gasteiger partial charge in [0.05, 0.1) is 32.6 Å². The van der Waals surface area contributed by atoms with Crippen molar-refractivity contribution < 1.29 is 23.8 Å². The van der Waals surface area contributed by atoms with Gasteiger partial charge in [-0.05, 0) is 31.3 Å². The average molecular weight is 404 g/mol. The molecule has 158 valence electrons. The van der Waals surface area contributed by atoms with Gasteiger partial charge in [0.25, 0.3) is 5.91 Å². The minimum Gasteiger partial charge on any atom is -0.493 e. The zero-order valence-electron chi connectivity index (χ0n) is 17.3. The van der Waals surface area contributed by atoms with Crippen LogP contribution in [0.1, 0.15) is 24.2 Å². The lowest BCUT2D eigenvalue weighted by Crippen LogP contribution is -2.27. The normalized spacial score (nSPS) is 10.7. The van der Waals surface area contributed by atoms with Crippen LogP contribution in [0.3, 0.4) is 0 Å². The van der Waals surface area contributed by atoms with Crippen LogP contribution in [0.15, 0.2) is 30.6 Å². The summed E-state index contributed by atoms with van der Waals surface area (Å²) >= 11 is 0. The lowest BCUT2D eigenvalue weighted by molar-refractivity contribution is -0.142. The number of amides is 1. The van der Waals surface area contributed by atoms with Crippen LogP contribution in [0.2, 0.25) is 0 Å². The first-order chi connectivity index (χ1) is 14.0. The molecule has 1 N–H and O–H groups in total. The van der Waals surface area contributed by atoms with Crippen LogP contribution >= 0.6 is 0 Å². The maximum Gasteiger partial charge on any atom is 0.343 e. The minimum atomic E-state index is -0.508. The molecule has 0 aliphatic rings. The minimum absolute atomic E-state index is 0.245. The Labute approximate surface area is 170 Å². The number of hydrogen-bond donors (Lipinski definition) is 1. The molecule has 0 spiro atoms. The molecule has 1 aromatic heterocycles. The molecular formula is C20H28N4O5. The Balaban J connectivity index is 1.99. The third kappa shape index (κ3) is 6.49. The summed E-state index contributed by atoms with van der Waals surface area (Å²) in [5.41, 5.74) is 1.00. The van der Waals surface area contributed by atoms with Gasteiger partial charge in [-0.3, -0.25) is 9.48 Å². The lowest BCUT2D eigenvalue weighted by Gasteiger charge is -2.17. The first-order valence-corrected chi connectivity index (χ1v) is 9.44. The predicted octanol–water partition coefficient (Wildman–Crippen LogP) is 2.04. The Hall–Kier alpha value is -3.07. The zero-order chi connectivity index (χ0) is 21.2. The second-order valence-electron chi connectivity index (χ2n) is 6.20. The van der Waals surface area contributed by atoms with Crippen molar-refractivity contribution >= 4 is 17.6 Å². The number of aromatic nitrogens is 2. The fourth-order valence-electron chi connectivity index (χ4n) is 2.66. The molecule has 0 unspecified atom stereocenters. The first-order valence-electron chi connectivity index (χ1n) is 9.44. The van der Waals surface area contributed by atoms with Crippen molar-refractivity contribution in [2.75, 3.05) is 45.8 Å². The quantitative estimate of drug-likeness (QED) is 0.573. The molecule has 1 amide bonds. The van der Waals surface area contributed by atoms with Gasteiger partial charge < -0.3 is 24.4 Å². The number of anilines is 1. The van der Waals surface area contributed by atoms with Crippen LogP contribution in [-0.2, 0) is 16.1 Å².